The number of nitrogens with one attached hydrogen (secondary N) is 2. The molecule has 32 heavy (non-hydrogen) atoms. The van der Waals surface area contributed by atoms with Gasteiger partial charge < -0.3 is 15.7 Å². The van der Waals surface area contributed by atoms with E-state index in [0.717, 1.165) is 0 Å². The highest BCUT2D eigenvalue weighted by atomic mass is 35.5. The maximum absolute atomic E-state index is 12.4. The SMILES string of the molecule is N#C/C(=C\c1cccc(NC(=O)c2ccccc2Cl)c1)C(=O)Nc1ccc(C(=O)O)cc1. The van der Waals surface area contributed by atoms with Gasteiger partial charge in [-0.05, 0) is 60.2 Å². The molecular formula is C24H16ClN3O4. The summed E-state index contributed by atoms with van der Waals surface area (Å²) in [6.45, 7) is 0. The minimum absolute atomic E-state index is 0.0784. The lowest BCUT2D eigenvalue weighted by molar-refractivity contribution is -0.112. The van der Waals surface area contributed by atoms with Crippen molar-refractivity contribution < 1.29 is 19.5 Å². The average molecular weight is 446 g/mol. The number of anilines is 2. The molecule has 0 fully saturated rings. The van der Waals surface area contributed by atoms with Crippen molar-refractivity contribution in [2.45, 2.75) is 0 Å². The van der Waals surface area contributed by atoms with Crippen LogP contribution in [-0.4, -0.2) is 22.9 Å². The number of carbonyl (C=O) groups excluding carboxylic acids is 2. The van der Waals surface area contributed by atoms with Crippen LogP contribution in [0.2, 0.25) is 5.02 Å². The fourth-order valence-corrected chi connectivity index (χ4v) is 2.98. The van der Waals surface area contributed by atoms with E-state index in [1.165, 1.54) is 30.3 Å². The smallest absolute Gasteiger partial charge is 0.335 e. The molecule has 0 aliphatic heterocycles. The van der Waals surface area contributed by atoms with E-state index in [2.05, 4.69) is 10.6 Å². The quantitative estimate of drug-likeness (QED) is 0.370. The van der Waals surface area contributed by atoms with Crippen LogP contribution in [0.3, 0.4) is 0 Å². The summed E-state index contributed by atoms with van der Waals surface area (Å²) >= 11 is 6.05. The Morgan fingerprint density at radius 2 is 1.62 bits per heavy atom. The van der Waals surface area contributed by atoms with Gasteiger partial charge in [-0.3, -0.25) is 9.59 Å². The second-order valence-electron chi connectivity index (χ2n) is 6.57. The second-order valence-corrected chi connectivity index (χ2v) is 6.97. The number of amides is 2. The summed E-state index contributed by atoms with van der Waals surface area (Å²) in [5.41, 5.74) is 1.57. The predicted octanol–water partition coefficient (Wildman–Crippen LogP) is 4.84. The molecule has 8 heteroatoms. The minimum Gasteiger partial charge on any atom is -0.478 e. The van der Waals surface area contributed by atoms with Gasteiger partial charge >= 0.3 is 5.97 Å². The summed E-state index contributed by atoms with van der Waals surface area (Å²) < 4.78 is 0. The van der Waals surface area contributed by atoms with Crippen molar-refractivity contribution in [2.24, 2.45) is 0 Å². The van der Waals surface area contributed by atoms with Crippen molar-refractivity contribution in [2.75, 3.05) is 10.6 Å². The highest BCUT2D eigenvalue weighted by Gasteiger charge is 2.12. The van der Waals surface area contributed by atoms with E-state index in [9.17, 15) is 19.6 Å². The van der Waals surface area contributed by atoms with Crippen molar-refractivity contribution in [3.8, 4) is 6.07 Å². The highest BCUT2D eigenvalue weighted by Crippen LogP contribution is 2.19. The molecule has 0 saturated carbocycles. The molecule has 3 N–H and O–H groups in total. The zero-order valence-corrected chi connectivity index (χ0v) is 17.3. The first-order valence-electron chi connectivity index (χ1n) is 9.30. The van der Waals surface area contributed by atoms with Crippen LogP contribution in [0.5, 0.6) is 0 Å². The Balaban J connectivity index is 1.75. The number of carbonyl (C=O) groups is 3. The number of carboxylic acids is 1. The molecule has 7 nitrogen and oxygen atoms in total. The van der Waals surface area contributed by atoms with Crippen molar-refractivity contribution in [1.29, 1.82) is 5.26 Å². The fraction of sp³-hybridized carbons (Fsp3) is 0. The number of carboxylic acid groups (broad SMARTS) is 1. The molecule has 0 spiro atoms. The monoisotopic (exact) mass is 445 g/mol. The van der Waals surface area contributed by atoms with E-state index in [1.807, 2.05) is 6.07 Å². The van der Waals surface area contributed by atoms with Gasteiger partial charge in [0.05, 0.1) is 16.1 Å². The standard InChI is InChI=1S/C24H16ClN3O4/c25-21-7-2-1-6-20(21)23(30)28-19-5-3-4-15(13-19)12-17(14-26)22(29)27-18-10-8-16(9-11-18)24(31)32/h1-13H,(H,27,29)(H,28,30)(H,31,32)/b17-12+. The Morgan fingerprint density at radius 3 is 2.28 bits per heavy atom. The number of aromatic carboxylic acids is 1. The predicted molar refractivity (Wildman–Crippen MR) is 121 cm³/mol. The Kier molecular flexibility index (Phi) is 7.01. The van der Waals surface area contributed by atoms with E-state index in [0.29, 0.717) is 27.5 Å². The van der Waals surface area contributed by atoms with Crippen molar-refractivity contribution >= 4 is 46.8 Å². The Morgan fingerprint density at radius 1 is 0.906 bits per heavy atom. The summed E-state index contributed by atoms with van der Waals surface area (Å²) in [7, 11) is 0. The summed E-state index contributed by atoms with van der Waals surface area (Å²) in [6.07, 6.45) is 1.38. The van der Waals surface area contributed by atoms with Gasteiger partial charge in [0.1, 0.15) is 11.6 Å². The molecule has 3 aromatic rings. The van der Waals surface area contributed by atoms with E-state index in [1.54, 1.807) is 48.5 Å². The third-order valence-corrected chi connectivity index (χ3v) is 4.66. The molecule has 0 saturated heterocycles. The van der Waals surface area contributed by atoms with Gasteiger partial charge in [-0.2, -0.15) is 5.26 Å². The van der Waals surface area contributed by atoms with Crippen LogP contribution < -0.4 is 10.6 Å². The van der Waals surface area contributed by atoms with Gasteiger partial charge in [0, 0.05) is 11.4 Å². The van der Waals surface area contributed by atoms with Gasteiger partial charge in [0.25, 0.3) is 11.8 Å². The third-order valence-electron chi connectivity index (χ3n) is 4.33. The highest BCUT2D eigenvalue weighted by molar-refractivity contribution is 6.34. The molecule has 3 rings (SSSR count). The first-order valence-corrected chi connectivity index (χ1v) is 9.67. The summed E-state index contributed by atoms with van der Waals surface area (Å²) in [5, 5.41) is 23.9. The first kappa shape index (κ1) is 22.3. The van der Waals surface area contributed by atoms with Crippen LogP contribution in [0, 0.1) is 11.3 Å². The molecular weight excluding hydrogens is 430 g/mol. The number of nitrogens with zero attached hydrogens (tertiary/aromatic N) is 1. The topological polar surface area (TPSA) is 119 Å². The van der Waals surface area contributed by atoms with E-state index in [4.69, 9.17) is 16.7 Å². The zero-order valence-electron chi connectivity index (χ0n) is 16.5. The van der Waals surface area contributed by atoms with Crippen LogP contribution in [-0.2, 0) is 4.79 Å². The molecule has 0 bridgehead atoms. The number of halogens is 1. The molecule has 0 atom stereocenters. The fourth-order valence-electron chi connectivity index (χ4n) is 2.76. The third kappa shape index (κ3) is 5.59. The number of hydrogen-bond donors (Lipinski definition) is 3. The lowest BCUT2D eigenvalue weighted by Crippen LogP contribution is -2.14. The molecule has 0 radical (unpaired) electrons. The van der Waals surface area contributed by atoms with Crippen molar-refractivity contribution in [3.63, 3.8) is 0 Å². The van der Waals surface area contributed by atoms with Crippen LogP contribution in [0.15, 0.2) is 78.4 Å². The Labute approximate surface area is 188 Å². The van der Waals surface area contributed by atoms with E-state index >= 15 is 0 Å². The summed E-state index contributed by atoms with van der Waals surface area (Å²) in [4.78, 5) is 35.8. The zero-order chi connectivity index (χ0) is 23.1. The molecule has 0 aromatic heterocycles. The van der Waals surface area contributed by atoms with Crippen molar-refractivity contribution in [3.05, 3.63) is 100 Å². The normalized spacial score (nSPS) is 10.7. The number of benzene rings is 3. The molecule has 0 unspecified atom stereocenters. The van der Waals surface area contributed by atoms with Gasteiger partial charge in [-0.25, -0.2) is 4.79 Å². The Hall–Kier alpha value is -4.41. The first-order chi connectivity index (χ1) is 15.4. The van der Waals surface area contributed by atoms with Crippen LogP contribution in [0.1, 0.15) is 26.3 Å². The number of nitriles is 1. The summed E-state index contributed by atoms with van der Waals surface area (Å²) in [5.74, 6) is -2.12. The average Bonchev–Trinajstić information content (AvgIpc) is 2.78. The summed E-state index contributed by atoms with van der Waals surface area (Å²) in [6, 6.07) is 20.7. The lowest BCUT2D eigenvalue weighted by Gasteiger charge is -2.08. The number of hydrogen-bond acceptors (Lipinski definition) is 4. The Bertz CT molecular complexity index is 1260. The van der Waals surface area contributed by atoms with Gasteiger partial charge in [-0.1, -0.05) is 35.9 Å². The largest absolute Gasteiger partial charge is 0.478 e. The maximum Gasteiger partial charge on any atom is 0.335 e. The molecule has 2 amide bonds. The molecule has 0 aliphatic carbocycles. The van der Waals surface area contributed by atoms with Gasteiger partial charge in [-0.15, -0.1) is 0 Å². The molecule has 3 aromatic carbocycles. The number of rotatable bonds is 6. The van der Waals surface area contributed by atoms with Crippen molar-refractivity contribution in [1.82, 2.24) is 0 Å². The van der Waals surface area contributed by atoms with Crippen LogP contribution in [0.4, 0.5) is 11.4 Å². The second kappa shape index (κ2) is 10.1. The van der Waals surface area contributed by atoms with Crippen LogP contribution in [0.25, 0.3) is 6.08 Å². The van der Waals surface area contributed by atoms with E-state index < -0.39 is 11.9 Å². The van der Waals surface area contributed by atoms with Gasteiger partial charge in [0.15, 0.2) is 0 Å². The minimum atomic E-state index is -1.08. The maximum atomic E-state index is 12.4. The van der Waals surface area contributed by atoms with E-state index in [-0.39, 0.29) is 17.0 Å². The molecule has 0 heterocycles. The lowest BCUT2D eigenvalue weighted by atomic mass is 10.1. The van der Waals surface area contributed by atoms with Crippen LogP contribution >= 0.6 is 11.6 Å². The molecule has 158 valence electrons. The van der Waals surface area contributed by atoms with Gasteiger partial charge in [0.2, 0.25) is 0 Å². The molecule has 0 aliphatic rings.